The molecule has 29 heavy (non-hydrogen) atoms. The van der Waals surface area contributed by atoms with Crippen LogP contribution in [0.5, 0.6) is 0 Å². The van der Waals surface area contributed by atoms with Gasteiger partial charge >= 0.3 is 0 Å². The molecule has 148 valence electrons. The van der Waals surface area contributed by atoms with E-state index in [1.54, 1.807) is 0 Å². The van der Waals surface area contributed by atoms with Gasteiger partial charge in [-0.15, -0.1) is 0 Å². The van der Waals surface area contributed by atoms with Gasteiger partial charge in [-0.2, -0.15) is 0 Å². The van der Waals surface area contributed by atoms with Gasteiger partial charge in [0.2, 0.25) is 0 Å². The van der Waals surface area contributed by atoms with Crippen LogP contribution in [0.3, 0.4) is 0 Å². The lowest BCUT2D eigenvalue weighted by Gasteiger charge is -2.26. The van der Waals surface area contributed by atoms with Crippen molar-refractivity contribution >= 4 is 11.7 Å². The number of Topliss-reactive ketones (excluding diaryl/α,β-unsaturated/α-hetero) is 1. The molecule has 1 aromatic heterocycles. The first-order valence-corrected chi connectivity index (χ1v) is 10.2. The summed E-state index contributed by atoms with van der Waals surface area (Å²) in [7, 11) is 0. The molecule has 2 N–H and O–H groups in total. The van der Waals surface area contributed by atoms with Crippen LogP contribution in [0.25, 0.3) is 0 Å². The van der Waals surface area contributed by atoms with Crippen molar-refractivity contribution < 1.29 is 9.59 Å². The molecule has 2 aromatic carbocycles. The van der Waals surface area contributed by atoms with Crippen molar-refractivity contribution in [3.8, 4) is 0 Å². The quantitative estimate of drug-likeness (QED) is 0.662. The van der Waals surface area contributed by atoms with Crippen molar-refractivity contribution in [2.24, 2.45) is 0 Å². The van der Waals surface area contributed by atoms with Gasteiger partial charge in [-0.25, -0.2) is 0 Å². The number of nitrogens with one attached hydrogen (secondary N) is 2. The van der Waals surface area contributed by atoms with E-state index in [2.05, 4.69) is 34.6 Å². The molecule has 1 atom stereocenters. The molecule has 0 radical (unpaired) electrons. The van der Waals surface area contributed by atoms with E-state index in [9.17, 15) is 9.59 Å². The zero-order valence-corrected chi connectivity index (χ0v) is 16.9. The van der Waals surface area contributed by atoms with E-state index in [4.69, 9.17) is 0 Å². The lowest BCUT2D eigenvalue weighted by Crippen LogP contribution is -2.38. The highest BCUT2D eigenvalue weighted by Crippen LogP contribution is 2.29. The van der Waals surface area contributed by atoms with Crippen molar-refractivity contribution in [2.75, 3.05) is 0 Å². The molecule has 0 saturated carbocycles. The highest BCUT2D eigenvalue weighted by atomic mass is 16.2. The highest BCUT2D eigenvalue weighted by Gasteiger charge is 2.28. The Hall–Kier alpha value is -3.14. The average molecular weight is 386 g/mol. The first kappa shape index (κ1) is 19.2. The Bertz CT molecular complexity index is 982. The van der Waals surface area contributed by atoms with Crippen LogP contribution < -0.4 is 5.32 Å². The number of hydrogen-bond donors (Lipinski definition) is 2. The number of aryl methyl sites for hydroxylation is 1. The number of amides is 1. The Morgan fingerprint density at radius 2 is 1.55 bits per heavy atom. The molecule has 4 nitrogen and oxygen atoms in total. The number of hydrogen-bond acceptors (Lipinski definition) is 2. The van der Waals surface area contributed by atoms with Gasteiger partial charge in [0.1, 0.15) is 5.69 Å². The number of rotatable bonds is 5. The zero-order chi connectivity index (χ0) is 20.4. The second kappa shape index (κ2) is 8.08. The summed E-state index contributed by atoms with van der Waals surface area (Å²) in [6.45, 7) is 3.90. The third kappa shape index (κ3) is 3.75. The maximum Gasteiger partial charge on any atom is 0.268 e. The van der Waals surface area contributed by atoms with E-state index in [-0.39, 0.29) is 23.7 Å². The summed E-state index contributed by atoms with van der Waals surface area (Å²) in [6.07, 6.45) is 2.22. The predicted molar refractivity (Wildman–Crippen MR) is 114 cm³/mol. The molecular formula is C25H26N2O2. The zero-order valence-electron chi connectivity index (χ0n) is 16.9. The van der Waals surface area contributed by atoms with Crippen LogP contribution in [0.2, 0.25) is 0 Å². The number of aromatic nitrogens is 1. The smallest absolute Gasteiger partial charge is 0.268 e. The number of carbonyl (C=O) groups excluding carboxylic acids is 2. The molecule has 0 fully saturated rings. The van der Waals surface area contributed by atoms with Gasteiger partial charge in [-0.1, -0.05) is 60.7 Å². The Labute approximate surface area is 171 Å². The molecule has 0 aliphatic heterocycles. The van der Waals surface area contributed by atoms with Crippen LogP contribution in [-0.4, -0.2) is 22.7 Å². The second-order valence-corrected chi connectivity index (χ2v) is 7.82. The topological polar surface area (TPSA) is 62.0 Å². The fourth-order valence-corrected chi connectivity index (χ4v) is 4.45. The molecule has 4 heteroatoms. The number of fused-ring (bicyclic) bond motifs is 1. The van der Waals surface area contributed by atoms with Gasteiger partial charge in [0, 0.05) is 29.6 Å². The molecule has 0 spiro atoms. The third-order valence-corrected chi connectivity index (χ3v) is 5.84. The fraction of sp³-hybridized carbons (Fsp3) is 0.280. The molecule has 4 rings (SSSR count). The summed E-state index contributed by atoms with van der Waals surface area (Å²) in [5.41, 5.74) is 5.21. The molecule has 0 bridgehead atoms. The lowest BCUT2D eigenvalue weighted by atomic mass is 9.85. The minimum Gasteiger partial charge on any atom is -0.354 e. The minimum absolute atomic E-state index is 0.0351. The standard InChI is InChI=1S/C25H26N2O2/c1-16-22-20(14-9-15-21(22)28)27-24(16)25(29)26-17(2)23(18-10-5-3-6-11-18)19-12-7-4-8-13-19/h3-8,10-13,17,23,27H,9,14-15H2,1-2H3,(H,26,29). The van der Waals surface area contributed by atoms with Crippen molar-refractivity contribution in [3.05, 3.63) is 94.3 Å². The largest absolute Gasteiger partial charge is 0.354 e. The van der Waals surface area contributed by atoms with Crippen LogP contribution in [0, 0.1) is 6.92 Å². The predicted octanol–water partition coefficient (Wildman–Crippen LogP) is 4.79. The summed E-state index contributed by atoms with van der Waals surface area (Å²) in [4.78, 5) is 28.6. The van der Waals surface area contributed by atoms with Crippen LogP contribution in [0.15, 0.2) is 60.7 Å². The van der Waals surface area contributed by atoms with E-state index in [1.807, 2.05) is 50.2 Å². The summed E-state index contributed by atoms with van der Waals surface area (Å²) in [5, 5.41) is 3.18. The van der Waals surface area contributed by atoms with Gasteiger partial charge in [0.15, 0.2) is 5.78 Å². The summed E-state index contributed by atoms with van der Waals surface area (Å²) in [5.74, 6) is 0.0143. The van der Waals surface area contributed by atoms with Gasteiger partial charge in [0.25, 0.3) is 5.91 Å². The number of carbonyl (C=O) groups is 2. The molecular weight excluding hydrogens is 360 g/mol. The third-order valence-electron chi connectivity index (χ3n) is 5.84. The van der Waals surface area contributed by atoms with Crippen LogP contribution in [-0.2, 0) is 6.42 Å². The first-order valence-electron chi connectivity index (χ1n) is 10.2. The lowest BCUT2D eigenvalue weighted by molar-refractivity contribution is 0.0931. The molecule has 1 heterocycles. The molecule has 3 aromatic rings. The van der Waals surface area contributed by atoms with Crippen LogP contribution in [0.1, 0.15) is 68.9 Å². The SMILES string of the molecule is Cc1c(C(=O)NC(C)C(c2ccccc2)c2ccccc2)[nH]c2c1C(=O)CCC2. The van der Waals surface area contributed by atoms with E-state index >= 15 is 0 Å². The van der Waals surface area contributed by atoms with Crippen molar-refractivity contribution in [3.63, 3.8) is 0 Å². The van der Waals surface area contributed by atoms with E-state index in [0.717, 1.165) is 40.8 Å². The first-order chi connectivity index (χ1) is 14.1. The van der Waals surface area contributed by atoms with Crippen LogP contribution in [0.4, 0.5) is 0 Å². The molecule has 1 amide bonds. The summed E-state index contributed by atoms with van der Waals surface area (Å²) < 4.78 is 0. The van der Waals surface area contributed by atoms with Crippen molar-refractivity contribution in [1.82, 2.24) is 10.3 Å². The second-order valence-electron chi connectivity index (χ2n) is 7.82. The van der Waals surface area contributed by atoms with Crippen molar-refractivity contribution in [1.29, 1.82) is 0 Å². The number of aromatic amines is 1. The summed E-state index contributed by atoms with van der Waals surface area (Å²) in [6, 6.07) is 20.3. The Balaban J connectivity index is 1.62. The summed E-state index contributed by atoms with van der Waals surface area (Å²) >= 11 is 0. The Morgan fingerprint density at radius 3 is 2.10 bits per heavy atom. The fourth-order valence-electron chi connectivity index (χ4n) is 4.45. The van der Waals surface area contributed by atoms with E-state index < -0.39 is 0 Å². The number of benzene rings is 2. The Morgan fingerprint density at radius 1 is 0.966 bits per heavy atom. The van der Waals surface area contributed by atoms with Gasteiger partial charge in [-0.05, 0) is 43.4 Å². The Kier molecular flexibility index (Phi) is 5.34. The van der Waals surface area contributed by atoms with E-state index in [0.29, 0.717) is 12.1 Å². The molecule has 1 aliphatic carbocycles. The average Bonchev–Trinajstić information content (AvgIpc) is 3.08. The molecule has 1 unspecified atom stereocenters. The number of H-pyrrole nitrogens is 1. The van der Waals surface area contributed by atoms with Crippen molar-refractivity contribution in [2.45, 2.75) is 45.1 Å². The van der Waals surface area contributed by atoms with Crippen LogP contribution >= 0.6 is 0 Å². The van der Waals surface area contributed by atoms with Gasteiger partial charge < -0.3 is 10.3 Å². The maximum atomic E-state index is 13.1. The van der Waals surface area contributed by atoms with E-state index in [1.165, 1.54) is 0 Å². The normalized spacial score (nSPS) is 14.5. The maximum absolute atomic E-state index is 13.1. The number of ketones is 1. The highest BCUT2D eigenvalue weighted by molar-refractivity contribution is 6.04. The van der Waals surface area contributed by atoms with Gasteiger partial charge in [-0.3, -0.25) is 9.59 Å². The van der Waals surface area contributed by atoms with Gasteiger partial charge in [0.05, 0.1) is 0 Å². The molecule has 0 saturated heterocycles. The molecule has 1 aliphatic rings. The minimum atomic E-state index is -0.158. The monoisotopic (exact) mass is 386 g/mol.